The molecule has 2 rings (SSSR count). The summed E-state index contributed by atoms with van der Waals surface area (Å²) in [6.07, 6.45) is 4.92. The van der Waals surface area contributed by atoms with Crippen molar-refractivity contribution in [1.29, 1.82) is 0 Å². The fraction of sp³-hybridized carbons (Fsp3) is 0.385. The third-order valence-electron chi connectivity index (χ3n) is 2.78. The average molecular weight is 274 g/mol. The van der Waals surface area contributed by atoms with E-state index in [0.29, 0.717) is 18.1 Å². The van der Waals surface area contributed by atoms with Crippen molar-refractivity contribution in [3.63, 3.8) is 0 Å². The Balaban J connectivity index is 2.01. The first-order valence-electron chi connectivity index (χ1n) is 6.43. The van der Waals surface area contributed by atoms with Gasteiger partial charge in [0.15, 0.2) is 0 Å². The molecule has 2 aromatic heterocycles. The van der Waals surface area contributed by atoms with E-state index in [9.17, 15) is 4.79 Å². The van der Waals surface area contributed by atoms with Crippen molar-refractivity contribution in [3.05, 3.63) is 35.5 Å². The number of rotatable bonds is 5. The van der Waals surface area contributed by atoms with Crippen molar-refractivity contribution in [2.45, 2.75) is 20.4 Å². The Kier molecular flexibility index (Phi) is 4.29. The van der Waals surface area contributed by atoms with Gasteiger partial charge >= 0.3 is 0 Å². The van der Waals surface area contributed by atoms with Crippen molar-refractivity contribution in [2.75, 3.05) is 11.9 Å². The van der Waals surface area contributed by atoms with E-state index in [2.05, 4.69) is 25.7 Å². The lowest BCUT2D eigenvalue weighted by Gasteiger charge is -2.06. The summed E-state index contributed by atoms with van der Waals surface area (Å²) in [7, 11) is 1.85. The smallest absolute Gasteiger partial charge is 0.271 e. The van der Waals surface area contributed by atoms with Crippen LogP contribution in [0.2, 0.25) is 0 Å². The Morgan fingerprint density at radius 1 is 1.40 bits per heavy atom. The van der Waals surface area contributed by atoms with E-state index >= 15 is 0 Å². The van der Waals surface area contributed by atoms with Gasteiger partial charge in [0, 0.05) is 31.9 Å². The molecular weight excluding hydrogens is 256 g/mol. The molecule has 0 aliphatic carbocycles. The average Bonchev–Trinajstić information content (AvgIpc) is 2.75. The van der Waals surface area contributed by atoms with Crippen LogP contribution in [0.3, 0.4) is 0 Å². The van der Waals surface area contributed by atoms with Crippen LogP contribution in [-0.2, 0) is 13.6 Å². The summed E-state index contributed by atoms with van der Waals surface area (Å²) in [5.41, 5.74) is 2.18. The molecule has 0 radical (unpaired) electrons. The highest BCUT2D eigenvalue weighted by atomic mass is 16.1. The molecule has 0 spiro atoms. The number of carbonyl (C=O) groups is 1. The Morgan fingerprint density at radius 3 is 2.85 bits per heavy atom. The topological polar surface area (TPSA) is 84.7 Å². The van der Waals surface area contributed by atoms with Crippen LogP contribution in [0.1, 0.15) is 28.7 Å². The van der Waals surface area contributed by atoms with Crippen LogP contribution in [0.15, 0.2) is 18.6 Å². The third-order valence-corrected chi connectivity index (χ3v) is 2.78. The van der Waals surface area contributed by atoms with Crippen LogP contribution in [0, 0.1) is 6.92 Å². The molecule has 0 aliphatic heterocycles. The van der Waals surface area contributed by atoms with Gasteiger partial charge in [-0.05, 0) is 13.8 Å². The number of aryl methyl sites for hydroxylation is 2. The summed E-state index contributed by atoms with van der Waals surface area (Å²) in [6.45, 7) is 5.02. The zero-order valence-electron chi connectivity index (χ0n) is 11.8. The van der Waals surface area contributed by atoms with E-state index in [0.717, 1.165) is 17.8 Å². The molecule has 2 N–H and O–H groups in total. The fourth-order valence-corrected chi connectivity index (χ4v) is 1.83. The molecule has 0 saturated carbocycles. The van der Waals surface area contributed by atoms with E-state index in [1.54, 1.807) is 10.9 Å². The minimum atomic E-state index is -0.250. The third kappa shape index (κ3) is 3.31. The summed E-state index contributed by atoms with van der Waals surface area (Å²) < 4.78 is 1.72. The molecule has 0 saturated heterocycles. The monoisotopic (exact) mass is 274 g/mol. The second kappa shape index (κ2) is 6.14. The number of amides is 1. The van der Waals surface area contributed by atoms with Crippen molar-refractivity contribution in [1.82, 2.24) is 25.1 Å². The maximum atomic E-state index is 12.0. The van der Waals surface area contributed by atoms with Crippen LogP contribution in [0.4, 0.5) is 5.82 Å². The van der Waals surface area contributed by atoms with E-state index in [1.807, 2.05) is 27.1 Å². The predicted octanol–water partition coefficient (Wildman–Crippen LogP) is 0.880. The molecule has 7 nitrogen and oxygen atoms in total. The highest BCUT2D eigenvalue weighted by Crippen LogP contribution is 2.05. The van der Waals surface area contributed by atoms with Crippen LogP contribution < -0.4 is 10.6 Å². The first-order valence-corrected chi connectivity index (χ1v) is 6.43. The quantitative estimate of drug-likeness (QED) is 0.845. The number of hydrogen-bond donors (Lipinski definition) is 2. The number of carbonyl (C=O) groups excluding carboxylic acids is 1. The van der Waals surface area contributed by atoms with Gasteiger partial charge in [0.2, 0.25) is 0 Å². The SMILES string of the molecule is CCNc1cncc(C(=O)NCc2cn(C)nc2C)n1. The van der Waals surface area contributed by atoms with Gasteiger partial charge in [-0.3, -0.25) is 14.5 Å². The zero-order chi connectivity index (χ0) is 14.5. The number of nitrogens with one attached hydrogen (secondary N) is 2. The largest absolute Gasteiger partial charge is 0.369 e. The summed E-state index contributed by atoms with van der Waals surface area (Å²) in [4.78, 5) is 20.2. The fourth-order valence-electron chi connectivity index (χ4n) is 1.83. The first-order chi connectivity index (χ1) is 9.60. The van der Waals surface area contributed by atoms with Gasteiger partial charge < -0.3 is 10.6 Å². The lowest BCUT2D eigenvalue weighted by atomic mass is 10.2. The molecule has 106 valence electrons. The summed E-state index contributed by atoms with van der Waals surface area (Å²) >= 11 is 0. The summed E-state index contributed by atoms with van der Waals surface area (Å²) in [5, 5.41) is 10.1. The number of aromatic nitrogens is 4. The standard InChI is InChI=1S/C13H18N6O/c1-4-15-12-7-14-6-11(17-12)13(20)16-5-10-8-19(3)18-9(10)2/h6-8H,4-5H2,1-3H3,(H,15,17)(H,16,20). The van der Waals surface area contributed by atoms with Gasteiger partial charge in [-0.1, -0.05) is 0 Å². The lowest BCUT2D eigenvalue weighted by molar-refractivity contribution is 0.0945. The van der Waals surface area contributed by atoms with Crippen molar-refractivity contribution < 1.29 is 4.79 Å². The molecule has 20 heavy (non-hydrogen) atoms. The summed E-state index contributed by atoms with van der Waals surface area (Å²) in [6, 6.07) is 0. The molecule has 0 fully saturated rings. The normalized spacial score (nSPS) is 10.3. The van der Waals surface area contributed by atoms with E-state index in [-0.39, 0.29) is 5.91 Å². The predicted molar refractivity (Wildman–Crippen MR) is 75.3 cm³/mol. The highest BCUT2D eigenvalue weighted by Gasteiger charge is 2.10. The number of hydrogen-bond acceptors (Lipinski definition) is 5. The molecule has 7 heteroatoms. The molecule has 1 amide bonds. The first kappa shape index (κ1) is 14.0. The van der Waals surface area contributed by atoms with Crippen molar-refractivity contribution in [3.8, 4) is 0 Å². The van der Waals surface area contributed by atoms with Gasteiger partial charge in [0.25, 0.3) is 5.91 Å². The van der Waals surface area contributed by atoms with Crippen LogP contribution in [-0.4, -0.2) is 32.2 Å². The van der Waals surface area contributed by atoms with E-state index < -0.39 is 0 Å². The van der Waals surface area contributed by atoms with Gasteiger partial charge in [-0.15, -0.1) is 0 Å². The molecule has 0 aliphatic rings. The van der Waals surface area contributed by atoms with Crippen LogP contribution in [0.25, 0.3) is 0 Å². The highest BCUT2D eigenvalue weighted by molar-refractivity contribution is 5.92. The maximum Gasteiger partial charge on any atom is 0.271 e. The minimum absolute atomic E-state index is 0.250. The molecule has 0 atom stereocenters. The van der Waals surface area contributed by atoms with Crippen LogP contribution >= 0.6 is 0 Å². The molecule has 0 aromatic carbocycles. The number of nitrogens with zero attached hydrogens (tertiary/aromatic N) is 4. The second-order valence-corrected chi connectivity index (χ2v) is 4.42. The molecule has 2 heterocycles. The molecule has 2 aromatic rings. The van der Waals surface area contributed by atoms with Crippen molar-refractivity contribution >= 4 is 11.7 Å². The Hall–Kier alpha value is -2.44. The maximum absolute atomic E-state index is 12.0. The van der Waals surface area contributed by atoms with Gasteiger partial charge in [0.1, 0.15) is 11.5 Å². The minimum Gasteiger partial charge on any atom is -0.369 e. The Bertz CT molecular complexity index is 607. The van der Waals surface area contributed by atoms with E-state index in [4.69, 9.17) is 0 Å². The lowest BCUT2D eigenvalue weighted by Crippen LogP contribution is -2.24. The summed E-state index contributed by atoms with van der Waals surface area (Å²) in [5.74, 6) is 0.346. The Labute approximate surface area is 117 Å². The van der Waals surface area contributed by atoms with Gasteiger partial charge in [0.05, 0.1) is 18.1 Å². The molecular formula is C13H18N6O. The second-order valence-electron chi connectivity index (χ2n) is 4.42. The Morgan fingerprint density at radius 2 is 2.20 bits per heavy atom. The van der Waals surface area contributed by atoms with Crippen LogP contribution in [0.5, 0.6) is 0 Å². The zero-order valence-corrected chi connectivity index (χ0v) is 11.8. The van der Waals surface area contributed by atoms with Crippen molar-refractivity contribution in [2.24, 2.45) is 7.05 Å². The van der Waals surface area contributed by atoms with Gasteiger partial charge in [-0.2, -0.15) is 5.10 Å². The number of anilines is 1. The molecule has 0 bridgehead atoms. The molecule has 0 unspecified atom stereocenters. The van der Waals surface area contributed by atoms with Gasteiger partial charge in [-0.25, -0.2) is 4.98 Å². The van der Waals surface area contributed by atoms with E-state index in [1.165, 1.54) is 6.20 Å².